The van der Waals surface area contributed by atoms with Gasteiger partial charge in [0.15, 0.2) is 17.7 Å². The average Bonchev–Trinajstić information content (AvgIpc) is 0.926. The fourth-order valence-corrected chi connectivity index (χ4v) is 19.3. The first-order valence-corrected chi connectivity index (χ1v) is 50.2. The lowest BCUT2D eigenvalue weighted by Gasteiger charge is -2.32. The van der Waals surface area contributed by atoms with Crippen molar-refractivity contribution in [2.45, 2.75) is 178 Å². The van der Waals surface area contributed by atoms with Gasteiger partial charge in [0.2, 0.25) is 54.5 Å². The van der Waals surface area contributed by atoms with E-state index in [1.165, 1.54) is 49.1 Å². The zero-order valence-corrected chi connectivity index (χ0v) is 84.9. The van der Waals surface area contributed by atoms with Gasteiger partial charge in [0.05, 0.1) is 47.4 Å². The Bertz CT molecular complexity index is 6300. The first-order valence-electron chi connectivity index (χ1n) is 45.7. The average molecular weight is 2180 g/mol. The van der Waals surface area contributed by atoms with Crippen molar-refractivity contribution in [3.63, 3.8) is 0 Å². The van der Waals surface area contributed by atoms with E-state index < -0.39 is 224 Å². The number of rotatable bonds is 46. The number of nitrogens with zero attached hydrogens (tertiary/aromatic N) is 8. The number of halogens is 6. The first-order chi connectivity index (χ1) is 69.9. The second-order valence-corrected chi connectivity index (χ2v) is 38.6. The Hall–Kier alpha value is -13.0. The van der Waals surface area contributed by atoms with Gasteiger partial charge in [0.25, 0.3) is 34.5 Å². The third-order valence-corrected chi connectivity index (χ3v) is 26.7. The van der Waals surface area contributed by atoms with E-state index in [9.17, 15) is 139 Å². The quantitative estimate of drug-likeness (QED) is 0.00883. The molecule has 826 valence electrons. The molecule has 1 aliphatic rings. The van der Waals surface area contributed by atoms with E-state index in [1.54, 1.807) is 120 Å². The molecule has 1 saturated heterocycles. The van der Waals surface area contributed by atoms with Crippen molar-refractivity contribution in [2.24, 2.45) is 0 Å². The van der Waals surface area contributed by atoms with Crippen LogP contribution in [0.1, 0.15) is 111 Å². The number of sulfonamides is 2. The van der Waals surface area contributed by atoms with Crippen LogP contribution in [0, 0.1) is 41.5 Å². The maximum atomic E-state index is 14.9. The number of benzene rings is 4. The number of carboxylic acid groups (broad SMARTS) is 3. The van der Waals surface area contributed by atoms with Gasteiger partial charge in [-0.25, -0.2) is 26.8 Å². The number of anilines is 2. The number of Topliss-reactive ketones (excluding diaryl/α,β-unsaturated/α-hetero) is 1. The highest BCUT2D eigenvalue weighted by Crippen LogP contribution is 2.27. The summed E-state index contributed by atoms with van der Waals surface area (Å²) >= 11 is 0. The van der Waals surface area contributed by atoms with Crippen LogP contribution in [-0.2, 0) is 94.7 Å². The number of carboxylic acids is 3. The largest absolute Gasteiger partial charge is 0.480 e. The van der Waals surface area contributed by atoms with Crippen molar-refractivity contribution >= 4 is 123 Å². The van der Waals surface area contributed by atoms with E-state index in [1.807, 2.05) is 0 Å². The second-order valence-electron chi connectivity index (χ2n) is 33.8. The van der Waals surface area contributed by atoms with E-state index >= 15 is 0 Å². The lowest BCUT2D eigenvalue weighted by Crippen LogP contribution is -2.55. The summed E-state index contributed by atoms with van der Waals surface area (Å²) < 4.78 is 162. The Balaban J connectivity index is 0.00000199. The van der Waals surface area contributed by atoms with E-state index in [-0.39, 0.29) is 137 Å². The minimum absolute atomic E-state index is 0.000365. The van der Waals surface area contributed by atoms with Gasteiger partial charge in [0, 0.05) is 173 Å². The molecule has 6 amide bonds. The maximum absolute atomic E-state index is 14.9. The van der Waals surface area contributed by atoms with Crippen LogP contribution in [0.5, 0.6) is 0 Å². The van der Waals surface area contributed by atoms with Crippen molar-refractivity contribution in [3.8, 4) is 0 Å². The molecule has 24 N–H and O–H groups in total. The predicted octanol–water partition coefficient (Wildman–Crippen LogP) is -1.61. The van der Waals surface area contributed by atoms with Crippen molar-refractivity contribution in [1.82, 2.24) is 90.0 Å². The van der Waals surface area contributed by atoms with Gasteiger partial charge in [-0.3, -0.25) is 81.7 Å². The van der Waals surface area contributed by atoms with E-state index in [2.05, 4.69) is 71.9 Å². The predicted molar refractivity (Wildman–Crippen MR) is 524 cm³/mol. The van der Waals surface area contributed by atoms with Gasteiger partial charge in [-0.15, -0.1) is 0 Å². The molecule has 0 radical (unpaired) electrons. The lowest BCUT2D eigenvalue weighted by atomic mass is 10.1. The lowest BCUT2D eigenvalue weighted by molar-refractivity contribution is -0.276. The van der Waals surface area contributed by atoms with Gasteiger partial charge in [-0.05, 0) is 125 Å². The number of H-pyrrole nitrogens is 2. The Morgan fingerprint density at radius 2 is 0.866 bits per heavy atom. The molecule has 2 unspecified atom stereocenters. The molecule has 1 aliphatic heterocycles. The van der Waals surface area contributed by atoms with Crippen LogP contribution in [0.2, 0.25) is 0 Å². The Labute approximate surface area is 850 Å². The standard InChI is InChI=1S/C84H112N20O24S3.2C2H3F3O2.2CH4O/c1-8-62(79(116)85-18-10-24-104-44-61(74(113)59-15-13-57(38-68(59)104)40-93-84-88-21-22-89-84)78(115)91-42-65(82(120)121)98-131(127,128)76-54(6)35-51(3)36-55(76)7)94-70(108)17-16-63(95-71(109)45-99-25-26-100(46-72(110)111)28-30-102(49-106)32-31-101(48-105)29-27-99)80(117)96-66(47-129(122,123)124)69(107)11-9-23-103-43-60(73(112)58-14-12-56(37-67(58)103)39-92-83-86-19-20-87-83)77(114)90-41-64(81(118)119)97-130(125,126)75-52(4)33-50(2)34-53(75)5;2*3-2(4,5)1(6)7;2*1-2/h12-15,19-22,33-38,43-44,62-66,97-98,105-106H,8-11,16-18,23-32,39-42,45-49H2,1-7H3,(H,85,116)(H,90,114)(H,91,115)(H,94,108)(H,95,109)(H,96,117)(H,110,111)(H,118,119)(H,120,121)(H2,86,87,92)(H2,88,89,93)(H,122,123,124);2*1,6-7H;2*2H,1H3/t62-,63-,64?,65?,66-;;;;/m0..../s1. The summed E-state index contributed by atoms with van der Waals surface area (Å²) in [5.41, 5.74) is 1.96. The van der Waals surface area contributed by atoms with Gasteiger partial charge in [0.1, 0.15) is 47.1 Å². The summed E-state index contributed by atoms with van der Waals surface area (Å²) in [5, 5.41) is 115. The van der Waals surface area contributed by atoms with E-state index in [0.717, 1.165) is 31.5 Å². The fourth-order valence-electron chi connectivity index (χ4n) is 15.3. The number of hydrogen-bond acceptors (Lipinski definition) is 34. The molecule has 50 nitrogen and oxygen atoms in total. The maximum Gasteiger partial charge on any atom is 0.439 e. The van der Waals surface area contributed by atoms with Crippen LogP contribution in [0.3, 0.4) is 0 Å². The topological polar surface area (TPSA) is 750 Å². The summed E-state index contributed by atoms with van der Waals surface area (Å²) in [4.78, 5) is 187. The molecule has 9 rings (SSSR count). The van der Waals surface area contributed by atoms with Crippen molar-refractivity contribution < 1.29 is 160 Å². The van der Waals surface area contributed by atoms with Crippen molar-refractivity contribution in [1.29, 1.82) is 0 Å². The zero-order chi connectivity index (χ0) is 112. The highest BCUT2D eigenvalue weighted by molar-refractivity contribution is 7.90. The van der Waals surface area contributed by atoms with Crippen LogP contribution in [-0.4, -0.2) is 367 Å². The zero-order valence-electron chi connectivity index (χ0n) is 82.4. The van der Waals surface area contributed by atoms with E-state index in [0.29, 0.717) is 50.8 Å². The molecule has 5 atom stereocenters. The van der Waals surface area contributed by atoms with Crippen LogP contribution >= 0.6 is 0 Å². The third kappa shape index (κ3) is 40.8. The number of amides is 6. The fraction of sp³-hybridized carbons (Fsp3) is 0.489. The van der Waals surface area contributed by atoms with Gasteiger partial charge in [-0.2, -0.15) is 44.2 Å². The Morgan fingerprint density at radius 3 is 1.22 bits per heavy atom. The number of aromatic nitrogens is 6. The first kappa shape index (κ1) is 127. The number of pyridine rings is 2. The van der Waals surface area contributed by atoms with Gasteiger partial charge >= 0.3 is 30.3 Å². The summed E-state index contributed by atoms with van der Waals surface area (Å²) in [6.07, 6.45) is -9.72. The summed E-state index contributed by atoms with van der Waals surface area (Å²) in [6.45, 7) is 8.94. The van der Waals surface area contributed by atoms with Crippen LogP contribution in [0.4, 0.5) is 38.2 Å². The Kier molecular flexibility index (Phi) is 50.5. The number of hydrogen-bond donors (Lipinski definition) is 24. The SMILES string of the molecule is CC[C@H](NC(=O)CC[C@H](NC(=O)CN1CCN(CO)CCN(CO)CCN(CC(=O)O)CC1)C(=O)N[C@@H](CS(=O)(=O)O)C(=O)CCCn1cc(C(=O)NCC(NS(=O)(=O)c2c(C)cc(C)cc2C)C(=O)O)c(=O)c2ccc(CNc3ncc[nH]3)cc21)C(=O)NCCCn1cc(C(=O)NCC(NS(=O)(=O)c2c(C)cc(C)cc2C)C(=O)O)c(=O)c2ccc(CNc3ncc[nH]3)cc21.CO.CO.OC(O)C(F)(F)F.OC(O)C(F)(F)F. The minimum Gasteiger partial charge on any atom is -0.480 e. The van der Waals surface area contributed by atoms with Crippen molar-refractivity contribution in [3.05, 3.63) is 174 Å². The second kappa shape index (κ2) is 59.4. The number of aromatic amines is 2. The molecule has 149 heavy (non-hydrogen) atoms. The Morgan fingerprint density at radius 1 is 0.483 bits per heavy atom. The van der Waals surface area contributed by atoms with Gasteiger partial charge < -0.3 is 118 Å². The summed E-state index contributed by atoms with van der Waals surface area (Å²) in [7, 11) is -12.2. The third-order valence-electron chi connectivity index (χ3n) is 22.4. The molecular weight excluding hydrogens is 2050 g/mol. The number of alkyl halides is 6. The summed E-state index contributed by atoms with van der Waals surface area (Å²) in [6, 6.07) is 6.74. The molecule has 5 heterocycles. The van der Waals surface area contributed by atoms with Crippen LogP contribution in [0.25, 0.3) is 21.8 Å². The number of fused-ring (bicyclic) bond motifs is 2. The molecule has 1 fully saturated rings. The van der Waals surface area contributed by atoms with Crippen LogP contribution < -0.4 is 62.8 Å². The molecule has 4 aromatic carbocycles. The molecular formula is C90H126F6N20O30S3. The monoisotopic (exact) mass is 2180 g/mol. The number of aliphatic hydroxyl groups excluding tert-OH is 6. The van der Waals surface area contributed by atoms with Crippen molar-refractivity contribution in [2.75, 3.05) is 129 Å². The molecule has 4 aromatic heterocycles. The molecule has 0 bridgehead atoms. The minimum atomic E-state index is -5.18. The highest BCUT2D eigenvalue weighted by atomic mass is 32.2. The molecule has 59 heteroatoms. The van der Waals surface area contributed by atoms with Crippen LogP contribution in [0.15, 0.2) is 117 Å². The number of aliphatic carboxylic acids is 3. The number of imidazole rings is 2. The van der Waals surface area contributed by atoms with Gasteiger partial charge in [-0.1, -0.05) is 54.4 Å². The highest BCUT2D eigenvalue weighted by Gasteiger charge is 2.39. The number of aryl methyl sites for hydroxylation is 8. The molecule has 0 saturated carbocycles. The number of ketones is 1. The molecule has 0 aliphatic carbocycles. The number of carbonyl (C=O) groups is 10. The number of carbonyl (C=O) groups excluding carboxylic acids is 7. The number of nitrogens with one attached hydrogen (secondary N) is 12. The number of aliphatic hydroxyl groups is 8. The molecule has 0 spiro atoms. The normalized spacial score (nSPS) is 14.3. The summed E-state index contributed by atoms with van der Waals surface area (Å²) in [5.74, 6) is -12.0. The molecule has 8 aromatic rings. The van der Waals surface area contributed by atoms with E-state index in [4.69, 9.17) is 30.6 Å². The smallest absolute Gasteiger partial charge is 0.439 e.